The summed E-state index contributed by atoms with van der Waals surface area (Å²) >= 11 is 1.94. The van der Waals surface area contributed by atoms with Crippen LogP contribution < -0.4 is 5.32 Å². The zero-order valence-electron chi connectivity index (χ0n) is 7.05. The van der Waals surface area contributed by atoms with Crippen LogP contribution in [-0.2, 0) is 0 Å². The number of rotatable bonds is 2. The molecule has 0 saturated carbocycles. The number of thioether (sulfide) groups is 1. The summed E-state index contributed by atoms with van der Waals surface area (Å²) < 4.78 is 0. The van der Waals surface area contributed by atoms with Crippen LogP contribution in [0.4, 0.5) is 0 Å². The third kappa shape index (κ3) is 1.89. The molecule has 1 aliphatic rings. The van der Waals surface area contributed by atoms with E-state index in [-0.39, 0.29) is 0 Å². The molecule has 1 rings (SSSR count). The third-order valence-electron chi connectivity index (χ3n) is 2.23. The van der Waals surface area contributed by atoms with E-state index in [0.717, 1.165) is 17.3 Å². The van der Waals surface area contributed by atoms with Crippen molar-refractivity contribution < 1.29 is 0 Å². The summed E-state index contributed by atoms with van der Waals surface area (Å²) in [5.74, 6) is 0.803. The molecule has 0 aliphatic carbocycles. The van der Waals surface area contributed by atoms with Gasteiger partial charge in [-0.2, -0.15) is 0 Å². The molecule has 2 heteroatoms. The fourth-order valence-corrected chi connectivity index (χ4v) is 2.13. The maximum Gasteiger partial charge on any atom is 0.0532 e. The highest BCUT2D eigenvalue weighted by Gasteiger charge is 2.24. The van der Waals surface area contributed by atoms with Crippen LogP contribution in [0.3, 0.4) is 0 Å². The quantitative estimate of drug-likeness (QED) is 0.662. The van der Waals surface area contributed by atoms with Gasteiger partial charge in [0, 0.05) is 6.04 Å². The largest absolute Gasteiger partial charge is 0.302 e. The topological polar surface area (TPSA) is 12.0 Å². The van der Waals surface area contributed by atoms with Crippen molar-refractivity contribution in [2.45, 2.75) is 38.1 Å². The highest BCUT2D eigenvalue weighted by atomic mass is 32.2. The summed E-state index contributed by atoms with van der Waals surface area (Å²) in [6.45, 7) is 4.58. The second-order valence-corrected chi connectivity index (χ2v) is 4.36. The second kappa shape index (κ2) is 3.63. The zero-order chi connectivity index (χ0) is 7.56. The van der Waals surface area contributed by atoms with Crippen molar-refractivity contribution in [3.05, 3.63) is 0 Å². The molecule has 0 aromatic rings. The van der Waals surface area contributed by atoms with Crippen molar-refractivity contribution >= 4 is 11.8 Å². The van der Waals surface area contributed by atoms with Crippen LogP contribution in [0.2, 0.25) is 0 Å². The molecule has 0 amide bonds. The first-order chi connectivity index (χ1) is 4.74. The van der Waals surface area contributed by atoms with Crippen molar-refractivity contribution in [2.24, 2.45) is 5.92 Å². The first-order valence-electron chi connectivity index (χ1n) is 4.03. The molecule has 0 aromatic carbocycles. The van der Waals surface area contributed by atoms with Gasteiger partial charge in [-0.3, -0.25) is 0 Å². The van der Waals surface area contributed by atoms with Gasteiger partial charge in [-0.05, 0) is 25.0 Å². The zero-order valence-corrected chi connectivity index (χ0v) is 7.87. The van der Waals surface area contributed by atoms with Crippen molar-refractivity contribution in [1.29, 1.82) is 0 Å². The fourth-order valence-electron chi connectivity index (χ4n) is 1.45. The number of nitrogens with one attached hydrogen (secondary N) is 1. The molecule has 1 heterocycles. The van der Waals surface area contributed by atoms with Gasteiger partial charge in [-0.1, -0.05) is 13.8 Å². The molecule has 0 bridgehead atoms. The van der Waals surface area contributed by atoms with Gasteiger partial charge in [0.25, 0.3) is 0 Å². The molecule has 0 radical (unpaired) electrons. The molecular formula is C8H17NS. The molecule has 1 aliphatic heterocycles. The van der Waals surface area contributed by atoms with E-state index < -0.39 is 0 Å². The lowest BCUT2D eigenvalue weighted by Crippen LogP contribution is -2.30. The predicted octanol–water partition coefficient (Wildman–Crippen LogP) is 2.08. The monoisotopic (exact) mass is 159 g/mol. The minimum atomic E-state index is 0.729. The summed E-state index contributed by atoms with van der Waals surface area (Å²) in [5, 5.41) is 4.33. The Hall–Kier alpha value is 0.310. The van der Waals surface area contributed by atoms with Gasteiger partial charge < -0.3 is 5.32 Å². The average Bonchev–Trinajstić information content (AvgIpc) is 2.34. The molecule has 1 nitrogen and oxygen atoms in total. The molecule has 10 heavy (non-hydrogen) atoms. The third-order valence-corrected chi connectivity index (χ3v) is 3.17. The Balaban J connectivity index is 2.28. The van der Waals surface area contributed by atoms with E-state index in [0.29, 0.717) is 0 Å². The van der Waals surface area contributed by atoms with Gasteiger partial charge in [-0.15, -0.1) is 11.8 Å². The Bertz CT molecular complexity index is 103. The van der Waals surface area contributed by atoms with Gasteiger partial charge in [0.2, 0.25) is 0 Å². The Kier molecular flexibility index (Phi) is 3.05. The summed E-state index contributed by atoms with van der Waals surface area (Å²) in [7, 11) is 0. The van der Waals surface area contributed by atoms with Gasteiger partial charge in [-0.25, -0.2) is 0 Å². The minimum absolute atomic E-state index is 0.729. The highest BCUT2D eigenvalue weighted by Crippen LogP contribution is 2.23. The van der Waals surface area contributed by atoms with Gasteiger partial charge in [0.1, 0.15) is 0 Å². The Morgan fingerprint density at radius 2 is 2.10 bits per heavy atom. The van der Waals surface area contributed by atoms with E-state index in [1.165, 1.54) is 12.8 Å². The molecular weight excluding hydrogens is 142 g/mol. The first-order valence-corrected chi connectivity index (χ1v) is 5.31. The minimum Gasteiger partial charge on any atom is -0.302 e. The van der Waals surface area contributed by atoms with Crippen molar-refractivity contribution in [1.82, 2.24) is 5.32 Å². The maximum atomic E-state index is 3.60. The number of hydrogen-bond acceptors (Lipinski definition) is 2. The smallest absolute Gasteiger partial charge is 0.0532 e. The van der Waals surface area contributed by atoms with Gasteiger partial charge >= 0.3 is 0 Å². The predicted molar refractivity (Wildman–Crippen MR) is 48.3 cm³/mol. The lowest BCUT2D eigenvalue weighted by molar-refractivity contribution is 0.449. The Morgan fingerprint density at radius 1 is 1.40 bits per heavy atom. The van der Waals surface area contributed by atoms with Crippen molar-refractivity contribution in [2.75, 3.05) is 6.26 Å². The summed E-state index contributed by atoms with van der Waals surface area (Å²) in [4.78, 5) is 0. The lowest BCUT2D eigenvalue weighted by Gasteiger charge is -2.15. The molecule has 60 valence electrons. The van der Waals surface area contributed by atoms with Gasteiger partial charge in [0.15, 0.2) is 0 Å². The molecule has 0 aromatic heterocycles. The number of hydrogen-bond donors (Lipinski definition) is 1. The SMILES string of the molecule is CSC1CCC(C(C)C)N1. The Labute approximate surface area is 68.0 Å². The van der Waals surface area contributed by atoms with Crippen LogP contribution in [0.15, 0.2) is 0 Å². The molecule has 1 N–H and O–H groups in total. The van der Waals surface area contributed by atoms with Crippen LogP contribution >= 0.6 is 11.8 Å². The van der Waals surface area contributed by atoms with E-state index in [1.54, 1.807) is 0 Å². The molecule has 1 fully saturated rings. The summed E-state index contributed by atoms with van der Waals surface area (Å²) in [5.41, 5.74) is 0. The summed E-state index contributed by atoms with van der Waals surface area (Å²) in [6, 6.07) is 0.775. The van der Waals surface area contributed by atoms with E-state index >= 15 is 0 Å². The van der Waals surface area contributed by atoms with Crippen LogP contribution in [-0.4, -0.2) is 17.7 Å². The maximum absolute atomic E-state index is 3.60. The van der Waals surface area contributed by atoms with E-state index in [9.17, 15) is 0 Å². The summed E-state index contributed by atoms with van der Waals surface area (Å²) in [6.07, 6.45) is 4.90. The van der Waals surface area contributed by atoms with Crippen LogP contribution in [0.25, 0.3) is 0 Å². The molecule has 2 unspecified atom stereocenters. The normalized spacial score (nSPS) is 33.6. The molecule has 0 spiro atoms. The molecule has 1 saturated heterocycles. The van der Waals surface area contributed by atoms with E-state index in [1.807, 2.05) is 11.8 Å². The Morgan fingerprint density at radius 3 is 2.40 bits per heavy atom. The fraction of sp³-hybridized carbons (Fsp3) is 1.00. The van der Waals surface area contributed by atoms with E-state index in [2.05, 4.69) is 25.4 Å². The van der Waals surface area contributed by atoms with Gasteiger partial charge in [0.05, 0.1) is 5.37 Å². The van der Waals surface area contributed by atoms with Crippen molar-refractivity contribution in [3.8, 4) is 0 Å². The van der Waals surface area contributed by atoms with Crippen LogP contribution in [0.5, 0.6) is 0 Å². The van der Waals surface area contributed by atoms with E-state index in [4.69, 9.17) is 0 Å². The standard InChI is InChI=1S/C8H17NS/c1-6(2)7-4-5-8(9-7)10-3/h6-9H,4-5H2,1-3H3. The van der Waals surface area contributed by atoms with Crippen molar-refractivity contribution in [3.63, 3.8) is 0 Å². The lowest BCUT2D eigenvalue weighted by atomic mass is 10.0. The first kappa shape index (κ1) is 8.41. The second-order valence-electron chi connectivity index (χ2n) is 3.32. The average molecular weight is 159 g/mol. The van der Waals surface area contributed by atoms with Crippen LogP contribution in [0.1, 0.15) is 26.7 Å². The van der Waals surface area contributed by atoms with Crippen LogP contribution in [0, 0.1) is 5.92 Å². The molecule has 2 atom stereocenters. The highest BCUT2D eigenvalue weighted by molar-refractivity contribution is 7.99.